The third-order valence-electron chi connectivity index (χ3n) is 5.61. The first kappa shape index (κ1) is 33.5. The summed E-state index contributed by atoms with van der Waals surface area (Å²) in [6, 6.07) is 6.88. The fraction of sp³-hybridized carbons (Fsp3) is 0.593. The van der Waals surface area contributed by atoms with Gasteiger partial charge in [-0.3, -0.25) is 14.3 Å². The molecule has 0 saturated heterocycles. The number of rotatable bonds is 18. The molecule has 0 fully saturated rings. The molecule has 2 amide bonds. The smallest absolute Gasteiger partial charge is 0.273 e. The number of hydrogen-bond donors (Lipinski definition) is 3. The molecule has 11 heteroatoms. The molecule has 0 radical (unpaired) electrons. The second-order valence-electron chi connectivity index (χ2n) is 9.71. The van der Waals surface area contributed by atoms with E-state index in [1.54, 1.807) is 0 Å². The number of hydrogen-bond acceptors (Lipinski definition) is 7. The molecule has 4 N–H and O–H groups in total. The number of allylic oxidation sites excluding steroid dienone is 1. The van der Waals surface area contributed by atoms with Gasteiger partial charge in [-0.1, -0.05) is 45.0 Å². The number of fused-ring (bicyclic) bond motifs is 1. The number of benzene rings is 1. The molecule has 1 unspecified atom stereocenters. The standard InChI is InChI=1S/C27H43N5O5.ClH/c1-5-6-9-14-32-22-11-8-7-10-21(22)23(31-32)25(33)30-24(27(2,3)4)26(34)29-13-16-36-18-20-37-19-17-35-15-12-28;/h5,7-8,10-11,24H,1,6,9,12-20,28H2,2-4H3,(H,29,34)(H,30,33);1H. The van der Waals surface area contributed by atoms with Gasteiger partial charge in [-0.25, -0.2) is 0 Å². The minimum Gasteiger partial charge on any atom is -0.378 e. The summed E-state index contributed by atoms with van der Waals surface area (Å²) >= 11 is 0. The zero-order valence-electron chi connectivity index (χ0n) is 22.9. The molecule has 1 heterocycles. The van der Waals surface area contributed by atoms with Gasteiger partial charge < -0.3 is 30.6 Å². The van der Waals surface area contributed by atoms with Gasteiger partial charge in [0.15, 0.2) is 5.69 Å². The third kappa shape index (κ3) is 11.1. The zero-order chi connectivity index (χ0) is 27.1. The van der Waals surface area contributed by atoms with E-state index >= 15 is 0 Å². The molecule has 0 saturated carbocycles. The van der Waals surface area contributed by atoms with Crippen LogP contribution in [0.2, 0.25) is 0 Å². The van der Waals surface area contributed by atoms with Gasteiger partial charge in [-0.05, 0) is 24.3 Å². The van der Waals surface area contributed by atoms with Gasteiger partial charge in [0.1, 0.15) is 6.04 Å². The topological polar surface area (TPSA) is 130 Å². The molecule has 0 aliphatic carbocycles. The zero-order valence-corrected chi connectivity index (χ0v) is 23.7. The summed E-state index contributed by atoms with van der Waals surface area (Å²) in [5.41, 5.74) is 6.04. The molecule has 0 bridgehead atoms. The maximum absolute atomic E-state index is 13.3. The van der Waals surface area contributed by atoms with Crippen LogP contribution in [0.1, 0.15) is 44.1 Å². The lowest BCUT2D eigenvalue weighted by Crippen LogP contribution is -2.54. The first-order chi connectivity index (χ1) is 17.8. The van der Waals surface area contributed by atoms with Crippen molar-refractivity contribution in [2.45, 2.75) is 46.2 Å². The van der Waals surface area contributed by atoms with Gasteiger partial charge in [0.25, 0.3) is 5.91 Å². The summed E-state index contributed by atoms with van der Waals surface area (Å²) in [4.78, 5) is 26.3. The number of carbonyl (C=O) groups excluding carboxylic acids is 2. The number of ether oxygens (including phenoxy) is 3. The number of nitrogens with two attached hydrogens (primary N) is 1. The Morgan fingerprint density at radius 1 is 1.08 bits per heavy atom. The minimum atomic E-state index is -0.749. The SMILES string of the molecule is C=CCCCn1nc(C(=O)NC(C(=O)NCCOCCOCCOCCN)C(C)(C)C)c2ccccc21.Cl. The molecular weight excluding hydrogens is 510 g/mol. The van der Waals surface area contributed by atoms with E-state index in [4.69, 9.17) is 19.9 Å². The van der Waals surface area contributed by atoms with Crippen molar-refractivity contribution in [3.05, 3.63) is 42.6 Å². The highest BCUT2D eigenvalue weighted by Gasteiger charge is 2.33. The van der Waals surface area contributed by atoms with Crippen molar-refractivity contribution in [2.75, 3.05) is 52.7 Å². The third-order valence-corrected chi connectivity index (χ3v) is 5.61. The Morgan fingerprint density at radius 2 is 1.71 bits per heavy atom. The fourth-order valence-electron chi connectivity index (χ4n) is 3.70. The van der Waals surface area contributed by atoms with E-state index in [1.165, 1.54) is 0 Å². The predicted octanol–water partition coefficient (Wildman–Crippen LogP) is 2.69. The first-order valence-electron chi connectivity index (χ1n) is 12.9. The fourth-order valence-corrected chi connectivity index (χ4v) is 3.70. The van der Waals surface area contributed by atoms with Crippen LogP contribution in [-0.2, 0) is 25.5 Å². The van der Waals surface area contributed by atoms with Gasteiger partial charge in [-0.15, -0.1) is 19.0 Å². The molecule has 1 aromatic carbocycles. The normalized spacial score (nSPS) is 12.1. The quantitative estimate of drug-likeness (QED) is 0.191. The van der Waals surface area contributed by atoms with E-state index in [0.717, 1.165) is 23.7 Å². The van der Waals surface area contributed by atoms with Crippen molar-refractivity contribution in [3.63, 3.8) is 0 Å². The lowest BCUT2D eigenvalue weighted by Gasteiger charge is -2.30. The van der Waals surface area contributed by atoms with E-state index in [2.05, 4.69) is 22.3 Å². The highest BCUT2D eigenvalue weighted by atomic mass is 35.5. The molecule has 1 aromatic heterocycles. The maximum Gasteiger partial charge on any atom is 0.273 e. The summed E-state index contributed by atoms with van der Waals surface area (Å²) < 4.78 is 18.0. The van der Waals surface area contributed by atoms with Crippen molar-refractivity contribution in [2.24, 2.45) is 11.1 Å². The van der Waals surface area contributed by atoms with Crippen LogP contribution in [0.3, 0.4) is 0 Å². The van der Waals surface area contributed by atoms with Crippen molar-refractivity contribution in [3.8, 4) is 0 Å². The monoisotopic (exact) mass is 553 g/mol. The molecule has 38 heavy (non-hydrogen) atoms. The van der Waals surface area contributed by atoms with Gasteiger partial charge in [-0.2, -0.15) is 5.10 Å². The van der Waals surface area contributed by atoms with E-state index in [9.17, 15) is 9.59 Å². The molecule has 1 atom stereocenters. The molecule has 10 nitrogen and oxygen atoms in total. The Labute approximate surface area is 232 Å². The Morgan fingerprint density at radius 3 is 2.34 bits per heavy atom. The lowest BCUT2D eigenvalue weighted by atomic mass is 9.86. The van der Waals surface area contributed by atoms with Crippen LogP contribution in [0.4, 0.5) is 0 Å². The number of para-hydroxylation sites is 1. The summed E-state index contributed by atoms with van der Waals surface area (Å²) in [5, 5.41) is 11.1. The molecule has 0 aliphatic heterocycles. The van der Waals surface area contributed by atoms with Gasteiger partial charge in [0.2, 0.25) is 5.91 Å². The van der Waals surface area contributed by atoms with Crippen molar-refractivity contribution in [1.82, 2.24) is 20.4 Å². The first-order valence-corrected chi connectivity index (χ1v) is 12.9. The largest absolute Gasteiger partial charge is 0.378 e. The molecule has 0 spiro atoms. The highest BCUT2D eigenvalue weighted by molar-refractivity contribution is 6.06. The number of nitrogens with one attached hydrogen (secondary N) is 2. The second kappa shape index (κ2) is 17.9. The van der Waals surface area contributed by atoms with Crippen LogP contribution in [0.5, 0.6) is 0 Å². The van der Waals surface area contributed by atoms with Crippen LogP contribution in [-0.4, -0.2) is 80.4 Å². The summed E-state index contributed by atoms with van der Waals surface area (Å²) in [6.07, 6.45) is 3.61. The van der Waals surface area contributed by atoms with Crippen LogP contribution in [0.15, 0.2) is 36.9 Å². The van der Waals surface area contributed by atoms with Crippen LogP contribution in [0, 0.1) is 5.41 Å². The van der Waals surface area contributed by atoms with Gasteiger partial charge in [0.05, 0.1) is 45.2 Å². The van der Waals surface area contributed by atoms with E-state index in [1.807, 2.05) is 55.8 Å². The van der Waals surface area contributed by atoms with Crippen molar-refractivity contribution in [1.29, 1.82) is 0 Å². The second-order valence-corrected chi connectivity index (χ2v) is 9.71. The Kier molecular flexibility index (Phi) is 15.8. The Hall–Kier alpha value is -2.50. The Balaban J connectivity index is 0.00000722. The van der Waals surface area contributed by atoms with Gasteiger partial charge >= 0.3 is 0 Å². The average Bonchev–Trinajstić information content (AvgIpc) is 3.24. The highest BCUT2D eigenvalue weighted by Crippen LogP contribution is 2.22. The number of amides is 2. The number of aromatic nitrogens is 2. The van der Waals surface area contributed by atoms with Gasteiger partial charge in [0, 0.05) is 25.0 Å². The summed E-state index contributed by atoms with van der Waals surface area (Å²) in [7, 11) is 0. The van der Waals surface area contributed by atoms with Crippen LogP contribution in [0.25, 0.3) is 10.9 Å². The number of nitrogens with zero attached hydrogens (tertiary/aromatic N) is 2. The van der Waals surface area contributed by atoms with Crippen LogP contribution < -0.4 is 16.4 Å². The predicted molar refractivity (Wildman–Crippen MR) is 152 cm³/mol. The number of unbranched alkanes of at least 4 members (excludes halogenated alkanes) is 1. The Bertz CT molecular complexity index is 992. The summed E-state index contributed by atoms with van der Waals surface area (Å²) in [5.74, 6) is -0.648. The van der Waals surface area contributed by atoms with Crippen molar-refractivity contribution < 1.29 is 23.8 Å². The summed E-state index contributed by atoms with van der Waals surface area (Å²) in [6.45, 7) is 13.7. The van der Waals surface area contributed by atoms with E-state index in [0.29, 0.717) is 65.0 Å². The number of aryl methyl sites for hydroxylation is 1. The molecule has 2 rings (SSSR count). The molecular formula is C27H44ClN5O5. The molecule has 214 valence electrons. The average molecular weight is 554 g/mol. The van der Waals surface area contributed by atoms with Crippen molar-refractivity contribution >= 4 is 35.1 Å². The van der Waals surface area contributed by atoms with E-state index < -0.39 is 11.5 Å². The molecule has 2 aromatic rings. The maximum atomic E-state index is 13.3. The molecule has 0 aliphatic rings. The minimum absolute atomic E-state index is 0. The van der Waals surface area contributed by atoms with Crippen LogP contribution >= 0.6 is 12.4 Å². The lowest BCUT2D eigenvalue weighted by molar-refractivity contribution is -0.125. The number of halogens is 1. The number of carbonyl (C=O) groups is 2. The van der Waals surface area contributed by atoms with E-state index in [-0.39, 0.29) is 24.2 Å².